The Labute approximate surface area is 89.3 Å². The van der Waals surface area contributed by atoms with E-state index in [9.17, 15) is 0 Å². The minimum absolute atomic E-state index is 0.230. The monoisotopic (exact) mass is 207 g/mol. The highest BCUT2D eigenvalue weighted by molar-refractivity contribution is 6.30. The van der Waals surface area contributed by atoms with Gasteiger partial charge in [-0.1, -0.05) is 17.7 Å². The Morgan fingerprint density at radius 2 is 2.07 bits per heavy atom. The summed E-state index contributed by atoms with van der Waals surface area (Å²) in [7, 11) is 0. The molecule has 2 N–H and O–H groups in total. The van der Waals surface area contributed by atoms with Crippen molar-refractivity contribution >= 4 is 11.6 Å². The van der Waals surface area contributed by atoms with Gasteiger partial charge in [-0.2, -0.15) is 0 Å². The normalized spacial score (nSPS) is 27.4. The van der Waals surface area contributed by atoms with Crippen LogP contribution in [0, 0.1) is 0 Å². The molecule has 0 radical (unpaired) electrons. The lowest BCUT2D eigenvalue weighted by Crippen LogP contribution is -2.24. The molecule has 0 heterocycles. The molecule has 74 valence electrons. The third-order valence-corrected chi connectivity index (χ3v) is 4.01. The first-order valence-corrected chi connectivity index (χ1v) is 5.65. The quantitative estimate of drug-likeness (QED) is 0.695. The lowest BCUT2D eigenvalue weighted by atomic mass is 9.78. The smallest absolute Gasteiger partial charge is 0.0409 e. The van der Waals surface area contributed by atoms with Gasteiger partial charge in [-0.15, -0.1) is 0 Å². The number of hydrogen-bond donors (Lipinski definition) is 1. The van der Waals surface area contributed by atoms with E-state index in [2.05, 4.69) is 12.1 Å². The maximum atomic E-state index is 6.10. The number of nitrogens with two attached hydrogens (primary N) is 1. The van der Waals surface area contributed by atoms with Crippen LogP contribution in [0.4, 0.5) is 0 Å². The predicted molar refractivity (Wildman–Crippen MR) is 58.5 cm³/mol. The molecule has 1 aromatic carbocycles. The molecule has 0 aromatic heterocycles. The first-order chi connectivity index (χ1) is 6.71. The summed E-state index contributed by atoms with van der Waals surface area (Å²) < 4.78 is 0. The number of halogens is 1. The summed E-state index contributed by atoms with van der Waals surface area (Å²) in [6.07, 6.45) is 5.04. The molecule has 1 atom stereocenters. The molecule has 3 rings (SSSR count). The SMILES string of the molecule is NC1CCC2(CC2)c2cc(Cl)ccc21. The van der Waals surface area contributed by atoms with Gasteiger partial charge in [-0.25, -0.2) is 0 Å². The summed E-state index contributed by atoms with van der Waals surface area (Å²) in [6, 6.07) is 6.43. The van der Waals surface area contributed by atoms with Crippen LogP contribution in [0.2, 0.25) is 5.02 Å². The van der Waals surface area contributed by atoms with Crippen LogP contribution in [0.3, 0.4) is 0 Å². The average molecular weight is 208 g/mol. The van der Waals surface area contributed by atoms with Crippen molar-refractivity contribution < 1.29 is 0 Å². The largest absolute Gasteiger partial charge is 0.324 e. The van der Waals surface area contributed by atoms with E-state index in [-0.39, 0.29) is 6.04 Å². The summed E-state index contributed by atoms with van der Waals surface area (Å²) in [5, 5.41) is 0.851. The molecule has 2 heteroatoms. The van der Waals surface area contributed by atoms with E-state index in [1.165, 1.54) is 30.4 Å². The summed E-state index contributed by atoms with van der Waals surface area (Å²) in [5.74, 6) is 0. The topological polar surface area (TPSA) is 26.0 Å². The molecule has 2 aliphatic carbocycles. The molecule has 1 unspecified atom stereocenters. The van der Waals surface area contributed by atoms with Gasteiger partial charge in [0.25, 0.3) is 0 Å². The Hall–Kier alpha value is -0.530. The van der Waals surface area contributed by atoms with Gasteiger partial charge in [0.05, 0.1) is 0 Å². The lowest BCUT2D eigenvalue weighted by molar-refractivity contribution is 0.479. The number of rotatable bonds is 0. The van der Waals surface area contributed by atoms with Gasteiger partial charge in [0, 0.05) is 11.1 Å². The fourth-order valence-corrected chi connectivity index (χ4v) is 2.88. The van der Waals surface area contributed by atoms with Crippen molar-refractivity contribution in [1.82, 2.24) is 0 Å². The first kappa shape index (κ1) is 8.75. The van der Waals surface area contributed by atoms with Crippen LogP contribution >= 0.6 is 11.6 Å². The molecule has 1 aromatic rings. The minimum atomic E-state index is 0.230. The molecule has 0 aliphatic heterocycles. The molecule has 0 saturated heterocycles. The molecule has 14 heavy (non-hydrogen) atoms. The molecule has 0 amide bonds. The number of benzene rings is 1. The van der Waals surface area contributed by atoms with Gasteiger partial charge in [-0.3, -0.25) is 0 Å². The molecule has 1 nitrogen and oxygen atoms in total. The molecule has 1 saturated carbocycles. The zero-order valence-electron chi connectivity index (χ0n) is 8.09. The van der Waals surface area contributed by atoms with E-state index >= 15 is 0 Å². The van der Waals surface area contributed by atoms with E-state index < -0.39 is 0 Å². The van der Waals surface area contributed by atoms with Crippen molar-refractivity contribution in [2.45, 2.75) is 37.1 Å². The molecule has 1 fully saturated rings. The van der Waals surface area contributed by atoms with Crippen molar-refractivity contribution in [2.24, 2.45) is 5.73 Å². The summed E-state index contributed by atoms with van der Waals surface area (Å²) in [6.45, 7) is 0. The van der Waals surface area contributed by atoms with E-state index in [0.29, 0.717) is 5.41 Å². The van der Waals surface area contributed by atoms with Crippen LogP contribution < -0.4 is 5.73 Å². The van der Waals surface area contributed by atoms with Crippen LogP contribution in [0.25, 0.3) is 0 Å². The Balaban J connectivity index is 2.17. The second-order valence-corrected chi connectivity index (χ2v) is 5.09. The Bertz CT molecular complexity index is 382. The zero-order chi connectivity index (χ0) is 9.76. The molecule has 1 spiro atoms. The van der Waals surface area contributed by atoms with Gasteiger partial charge in [-0.05, 0) is 54.4 Å². The van der Waals surface area contributed by atoms with Crippen LogP contribution in [0.15, 0.2) is 18.2 Å². The maximum Gasteiger partial charge on any atom is 0.0409 e. The molecule has 2 aliphatic rings. The van der Waals surface area contributed by atoms with Gasteiger partial charge in [0.15, 0.2) is 0 Å². The van der Waals surface area contributed by atoms with E-state index in [1.54, 1.807) is 0 Å². The third kappa shape index (κ3) is 1.12. The Morgan fingerprint density at radius 3 is 2.79 bits per heavy atom. The summed E-state index contributed by atoms with van der Waals surface area (Å²) >= 11 is 6.04. The van der Waals surface area contributed by atoms with Crippen LogP contribution in [-0.2, 0) is 5.41 Å². The van der Waals surface area contributed by atoms with Crippen LogP contribution in [-0.4, -0.2) is 0 Å². The van der Waals surface area contributed by atoms with Crippen molar-refractivity contribution in [3.05, 3.63) is 34.3 Å². The zero-order valence-corrected chi connectivity index (χ0v) is 8.85. The van der Waals surface area contributed by atoms with E-state index in [4.69, 9.17) is 17.3 Å². The van der Waals surface area contributed by atoms with Gasteiger partial charge >= 0.3 is 0 Å². The highest BCUT2D eigenvalue weighted by Gasteiger charge is 2.48. The highest BCUT2D eigenvalue weighted by atomic mass is 35.5. The molecule has 0 bridgehead atoms. The maximum absolute atomic E-state index is 6.10. The van der Waals surface area contributed by atoms with Crippen molar-refractivity contribution in [3.63, 3.8) is 0 Å². The fourth-order valence-electron chi connectivity index (χ4n) is 2.70. The van der Waals surface area contributed by atoms with Crippen molar-refractivity contribution in [3.8, 4) is 0 Å². The van der Waals surface area contributed by atoms with E-state index in [1.807, 2.05) is 6.07 Å². The van der Waals surface area contributed by atoms with E-state index in [0.717, 1.165) is 11.4 Å². The second kappa shape index (κ2) is 2.74. The van der Waals surface area contributed by atoms with Gasteiger partial charge < -0.3 is 5.73 Å². The second-order valence-electron chi connectivity index (χ2n) is 4.66. The van der Waals surface area contributed by atoms with Gasteiger partial charge in [0.2, 0.25) is 0 Å². The first-order valence-electron chi connectivity index (χ1n) is 5.27. The fraction of sp³-hybridized carbons (Fsp3) is 0.500. The minimum Gasteiger partial charge on any atom is -0.324 e. The van der Waals surface area contributed by atoms with Crippen LogP contribution in [0.5, 0.6) is 0 Å². The standard InChI is InChI=1S/C12H14ClN/c13-8-1-2-9-10(7-8)12(5-6-12)4-3-11(9)14/h1-2,7,11H,3-6,14H2. The number of hydrogen-bond acceptors (Lipinski definition) is 1. The third-order valence-electron chi connectivity index (χ3n) is 3.77. The summed E-state index contributed by atoms with van der Waals surface area (Å²) in [4.78, 5) is 0. The predicted octanol–water partition coefficient (Wildman–Crippen LogP) is 3.17. The lowest BCUT2D eigenvalue weighted by Gasteiger charge is -2.29. The van der Waals surface area contributed by atoms with Crippen molar-refractivity contribution in [2.75, 3.05) is 0 Å². The molecular formula is C12H14ClN. The highest BCUT2D eigenvalue weighted by Crippen LogP contribution is 2.57. The van der Waals surface area contributed by atoms with Gasteiger partial charge in [0.1, 0.15) is 0 Å². The van der Waals surface area contributed by atoms with Crippen LogP contribution in [0.1, 0.15) is 42.9 Å². The average Bonchev–Trinajstić information content (AvgIpc) is 2.93. The summed E-state index contributed by atoms with van der Waals surface area (Å²) in [5.41, 5.74) is 9.34. The number of fused-ring (bicyclic) bond motifs is 2. The Kier molecular flexibility index (Phi) is 1.71. The Morgan fingerprint density at radius 1 is 1.29 bits per heavy atom. The van der Waals surface area contributed by atoms with Crippen molar-refractivity contribution in [1.29, 1.82) is 0 Å². The molecular weight excluding hydrogens is 194 g/mol.